The van der Waals surface area contributed by atoms with Crippen LogP contribution in [0.1, 0.15) is 38.8 Å². The summed E-state index contributed by atoms with van der Waals surface area (Å²) in [5, 5.41) is 6.14. The molecule has 1 saturated heterocycles. The van der Waals surface area contributed by atoms with Crippen LogP contribution in [0.4, 0.5) is 20.5 Å². The number of hydrogen-bond acceptors (Lipinski definition) is 6. The molecule has 3 rings (SSSR count). The molecule has 2 aromatic heterocycles. The zero-order valence-electron chi connectivity index (χ0n) is 14.3. The molecule has 0 unspecified atom stereocenters. The molecule has 134 valence electrons. The van der Waals surface area contributed by atoms with E-state index in [-0.39, 0.29) is 11.6 Å². The predicted molar refractivity (Wildman–Crippen MR) is 91.9 cm³/mol. The highest BCUT2D eigenvalue weighted by Crippen LogP contribution is 2.26. The van der Waals surface area contributed by atoms with Gasteiger partial charge in [0.2, 0.25) is 5.95 Å². The maximum atomic E-state index is 12.6. The highest BCUT2D eigenvalue weighted by Gasteiger charge is 2.18. The second kappa shape index (κ2) is 9.76. The van der Waals surface area contributed by atoms with Crippen LogP contribution in [0.3, 0.4) is 0 Å². The molecule has 0 radical (unpaired) electrons. The van der Waals surface area contributed by atoms with Gasteiger partial charge in [-0.15, -0.1) is 0 Å². The van der Waals surface area contributed by atoms with Gasteiger partial charge >= 0.3 is 0 Å². The predicted octanol–water partition coefficient (Wildman–Crippen LogP) is 2.59. The Balaban J connectivity index is 0.000000671. The minimum Gasteiger partial charge on any atom is -0.368 e. The average molecular weight is 341 g/mol. The van der Waals surface area contributed by atoms with Crippen molar-refractivity contribution in [2.45, 2.75) is 33.1 Å². The van der Waals surface area contributed by atoms with Gasteiger partial charge in [-0.2, -0.15) is 10.1 Å². The fraction of sp³-hybridized carbons (Fsp3) is 0.533. The molecule has 9 heteroatoms. The Hall–Kier alpha value is -2.29. The molecule has 1 aliphatic rings. The van der Waals surface area contributed by atoms with Gasteiger partial charge in [0.05, 0.1) is 5.69 Å². The molecule has 0 aliphatic carbocycles. The Morgan fingerprint density at radius 2 is 1.71 bits per heavy atom. The van der Waals surface area contributed by atoms with Gasteiger partial charge in [-0.25, -0.2) is 13.8 Å². The lowest BCUT2D eigenvalue weighted by Gasteiger charge is -2.16. The van der Waals surface area contributed by atoms with Gasteiger partial charge in [0, 0.05) is 19.2 Å². The van der Waals surface area contributed by atoms with Crippen LogP contribution >= 0.6 is 0 Å². The van der Waals surface area contributed by atoms with Crippen LogP contribution in [0, 0.1) is 0 Å². The van der Waals surface area contributed by atoms with Crippen molar-refractivity contribution in [3.8, 4) is 11.4 Å². The molecule has 7 nitrogen and oxygen atoms in total. The molecule has 3 heterocycles. The van der Waals surface area contributed by atoms with E-state index in [2.05, 4.69) is 30.8 Å². The lowest BCUT2D eigenvalue weighted by atomic mass is 10.2. The molecule has 0 atom stereocenters. The van der Waals surface area contributed by atoms with Gasteiger partial charge in [-0.3, -0.25) is 5.10 Å². The van der Waals surface area contributed by atoms with Gasteiger partial charge < -0.3 is 16.4 Å². The second-order valence-electron chi connectivity index (χ2n) is 4.67. The topological polar surface area (TPSA) is 110 Å². The van der Waals surface area contributed by atoms with E-state index < -0.39 is 6.43 Å². The van der Waals surface area contributed by atoms with Gasteiger partial charge in [0.25, 0.3) is 6.43 Å². The Morgan fingerprint density at radius 1 is 1.08 bits per heavy atom. The van der Waals surface area contributed by atoms with E-state index in [1.54, 1.807) is 6.07 Å². The van der Waals surface area contributed by atoms with Crippen LogP contribution < -0.4 is 16.4 Å². The van der Waals surface area contributed by atoms with E-state index in [1.165, 1.54) is 13.1 Å². The number of aromatic nitrogens is 4. The van der Waals surface area contributed by atoms with E-state index in [4.69, 9.17) is 5.73 Å². The molecule has 5 N–H and O–H groups in total. The lowest BCUT2D eigenvalue weighted by molar-refractivity contribution is 0.146. The van der Waals surface area contributed by atoms with E-state index in [9.17, 15) is 8.78 Å². The molecule has 0 spiro atoms. The second-order valence-corrected chi connectivity index (χ2v) is 4.67. The summed E-state index contributed by atoms with van der Waals surface area (Å²) in [7, 11) is 1.50. The largest absolute Gasteiger partial charge is 0.368 e. The summed E-state index contributed by atoms with van der Waals surface area (Å²) in [5.74, 6) is 0.831. The summed E-state index contributed by atoms with van der Waals surface area (Å²) >= 11 is 0. The standard InChI is InChI=1S/C12H14F2N6.C2H6.CH5N/c13-11(14)9-5-8(18-19-9)7-6-10(17-12(15)16-7)20-3-1-2-4-20;2*1-2/h5-6,11H,1-4H2,(H,18,19)(H2,15,16,17);1-2H3;2H2,1H3. The van der Waals surface area contributed by atoms with Crippen LogP contribution in [0.5, 0.6) is 0 Å². The van der Waals surface area contributed by atoms with Crippen LogP contribution in [0.25, 0.3) is 11.4 Å². The van der Waals surface area contributed by atoms with Gasteiger partial charge in [0.1, 0.15) is 17.2 Å². The number of nitrogen functional groups attached to an aromatic ring is 1. The zero-order chi connectivity index (χ0) is 18.1. The fourth-order valence-electron chi connectivity index (χ4n) is 2.27. The molecule has 0 bridgehead atoms. The maximum Gasteiger partial charge on any atom is 0.279 e. The number of hydrogen-bond donors (Lipinski definition) is 3. The van der Waals surface area contributed by atoms with Crippen LogP contribution in [0.2, 0.25) is 0 Å². The Morgan fingerprint density at radius 3 is 2.25 bits per heavy atom. The summed E-state index contributed by atoms with van der Waals surface area (Å²) in [5.41, 5.74) is 10.7. The third kappa shape index (κ3) is 4.85. The molecule has 24 heavy (non-hydrogen) atoms. The molecule has 1 aliphatic heterocycles. The van der Waals surface area contributed by atoms with Crippen molar-refractivity contribution in [2.75, 3.05) is 30.8 Å². The molecule has 0 saturated carbocycles. The summed E-state index contributed by atoms with van der Waals surface area (Å²) in [6.07, 6.45) is -0.373. The van der Waals surface area contributed by atoms with E-state index in [1.807, 2.05) is 13.8 Å². The number of halogens is 2. The van der Waals surface area contributed by atoms with Crippen molar-refractivity contribution in [3.05, 3.63) is 17.8 Å². The van der Waals surface area contributed by atoms with Crippen LogP contribution in [-0.2, 0) is 0 Å². The van der Waals surface area contributed by atoms with Gasteiger partial charge in [-0.1, -0.05) is 13.8 Å². The highest BCUT2D eigenvalue weighted by atomic mass is 19.3. The molecule has 0 aromatic carbocycles. The summed E-state index contributed by atoms with van der Waals surface area (Å²) in [4.78, 5) is 10.3. The molecular weight excluding hydrogens is 316 g/mol. The number of alkyl halides is 2. The van der Waals surface area contributed by atoms with Gasteiger partial charge in [-0.05, 0) is 26.0 Å². The van der Waals surface area contributed by atoms with E-state index >= 15 is 0 Å². The van der Waals surface area contributed by atoms with Crippen molar-refractivity contribution in [3.63, 3.8) is 0 Å². The number of anilines is 2. The number of aromatic amines is 1. The Bertz CT molecular complexity index is 610. The fourth-order valence-corrected chi connectivity index (χ4v) is 2.27. The quantitative estimate of drug-likeness (QED) is 0.791. The van der Waals surface area contributed by atoms with Gasteiger partial charge in [0.15, 0.2) is 0 Å². The molecular formula is C15H25F2N7. The highest BCUT2D eigenvalue weighted by molar-refractivity contribution is 5.61. The molecule has 0 amide bonds. The number of nitrogens with two attached hydrogens (primary N) is 2. The Kier molecular flexibility index (Phi) is 8.03. The number of nitrogens with one attached hydrogen (secondary N) is 1. The normalized spacial score (nSPS) is 13.2. The maximum absolute atomic E-state index is 12.6. The molecule has 1 fully saturated rings. The third-order valence-electron chi connectivity index (χ3n) is 3.26. The molecule has 2 aromatic rings. The van der Waals surface area contributed by atoms with Crippen molar-refractivity contribution < 1.29 is 8.78 Å². The van der Waals surface area contributed by atoms with E-state index in [0.29, 0.717) is 17.2 Å². The first-order chi connectivity index (χ1) is 11.6. The first-order valence-corrected chi connectivity index (χ1v) is 7.94. The minimum absolute atomic E-state index is 0.117. The Labute approximate surface area is 140 Å². The van der Waals surface area contributed by atoms with Crippen molar-refractivity contribution in [1.29, 1.82) is 0 Å². The number of H-pyrrole nitrogens is 1. The van der Waals surface area contributed by atoms with Crippen LogP contribution in [0.15, 0.2) is 12.1 Å². The van der Waals surface area contributed by atoms with E-state index in [0.717, 1.165) is 25.9 Å². The summed E-state index contributed by atoms with van der Waals surface area (Å²) in [6, 6.07) is 3.01. The zero-order valence-corrected chi connectivity index (χ0v) is 14.3. The smallest absolute Gasteiger partial charge is 0.279 e. The lowest BCUT2D eigenvalue weighted by Crippen LogP contribution is -2.19. The SMILES string of the molecule is CC.CN.Nc1nc(-c2cc(C(F)F)[nH]n2)cc(N2CCCC2)n1. The van der Waals surface area contributed by atoms with Crippen molar-refractivity contribution >= 4 is 11.8 Å². The third-order valence-corrected chi connectivity index (χ3v) is 3.26. The number of nitrogens with zero attached hydrogens (tertiary/aromatic N) is 4. The van der Waals surface area contributed by atoms with Crippen molar-refractivity contribution in [1.82, 2.24) is 20.2 Å². The average Bonchev–Trinajstić information content (AvgIpc) is 3.30. The summed E-state index contributed by atoms with van der Waals surface area (Å²) in [6.45, 7) is 5.83. The first kappa shape index (κ1) is 19.8. The minimum atomic E-state index is -2.59. The number of rotatable bonds is 3. The first-order valence-electron chi connectivity index (χ1n) is 7.94. The van der Waals surface area contributed by atoms with Crippen LogP contribution in [-0.4, -0.2) is 40.3 Å². The monoisotopic (exact) mass is 341 g/mol. The van der Waals surface area contributed by atoms with Crippen molar-refractivity contribution in [2.24, 2.45) is 5.73 Å². The summed E-state index contributed by atoms with van der Waals surface area (Å²) < 4.78 is 25.1.